The molecule has 0 unspecified atom stereocenters. The van der Waals surface area contributed by atoms with Gasteiger partial charge in [0.05, 0.1) is 6.04 Å². The number of rotatable bonds is 16. The van der Waals surface area contributed by atoms with Crippen LogP contribution in [0.15, 0.2) is 0 Å². The molecule has 7 N–H and O–H groups in total. The molecule has 1 fully saturated rings. The summed E-state index contributed by atoms with van der Waals surface area (Å²) < 4.78 is 0. The van der Waals surface area contributed by atoms with Gasteiger partial charge in [0.1, 0.15) is 0 Å². The summed E-state index contributed by atoms with van der Waals surface area (Å²) in [5.74, 6) is 0.871. The van der Waals surface area contributed by atoms with E-state index in [0.29, 0.717) is 6.54 Å². The van der Waals surface area contributed by atoms with Gasteiger partial charge in [-0.25, -0.2) is 0 Å². The molecule has 0 aromatic rings. The summed E-state index contributed by atoms with van der Waals surface area (Å²) in [4.78, 5) is 12.0. The number of carbonyl (C=O) groups excluding carboxylic acids is 1. The monoisotopic (exact) mass is 369 g/mol. The molecule has 6 heteroatoms. The van der Waals surface area contributed by atoms with Crippen molar-refractivity contribution in [1.29, 1.82) is 0 Å². The number of unbranched alkanes of at least 4 members (excludes halogenated alkanes) is 2. The molecule has 1 rings (SSSR count). The Morgan fingerprint density at radius 3 is 2.35 bits per heavy atom. The zero-order valence-electron chi connectivity index (χ0n) is 16.7. The SMILES string of the molecule is NCCCCNCCCNC(=O)[C@@H](N)CCCCNCC1CCCCC1. The molecule has 0 aromatic heterocycles. The molecule has 6 nitrogen and oxygen atoms in total. The van der Waals surface area contributed by atoms with Gasteiger partial charge in [-0.05, 0) is 83.6 Å². The molecule has 0 aliphatic heterocycles. The van der Waals surface area contributed by atoms with Crippen LogP contribution in [0.5, 0.6) is 0 Å². The first-order valence-corrected chi connectivity index (χ1v) is 10.9. The van der Waals surface area contributed by atoms with Crippen LogP contribution in [-0.2, 0) is 4.79 Å². The highest BCUT2D eigenvalue weighted by atomic mass is 16.2. The third-order valence-electron chi connectivity index (χ3n) is 5.25. The third-order valence-corrected chi connectivity index (χ3v) is 5.25. The fraction of sp³-hybridized carbons (Fsp3) is 0.950. The molecule has 1 saturated carbocycles. The first kappa shape index (κ1) is 23.3. The van der Waals surface area contributed by atoms with Crippen LogP contribution < -0.4 is 27.4 Å². The molecular formula is C20H43N5O. The lowest BCUT2D eigenvalue weighted by molar-refractivity contribution is -0.122. The lowest BCUT2D eigenvalue weighted by Crippen LogP contribution is -2.41. The van der Waals surface area contributed by atoms with Crippen LogP contribution in [0, 0.1) is 5.92 Å². The minimum absolute atomic E-state index is 0.0108. The molecule has 0 spiro atoms. The molecule has 1 amide bonds. The van der Waals surface area contributed by atoms with Crippen molar-refractivity contribution in [3.63, 3.8) is 0 Å². The molecular weight excluding hydrogens is 326 g/mol. The second kappa shape index (κ2) is 16.5. The van der Waals surface area contributed by atoms with Crippen LogP contribution >= 0.6 is 0 Å². The van der Waals surface area contributed by atoms with E-state index in [0.717, 1.165) is 77.2 Å². The summed E-state index contributed by atoms with van der Waals surface area (Å²) in [5, 5.41) is 9.86. The largest absolute Gasteiger partial charge is 0.355 e. The molecule has 1 aliphatic carbocycles. The molecule has 0 heterocycles. The van der Waals surface area contributed by atoms with Crippen LogP contribution in [0.4, 0.5) is 0 Å². The first-order chi connectivity index (χ1) is 12.7. The fourth-order valence-electron chi connectivity index (χ4n) is 3.52. The highest BCUT2D eigenvalue weighted by Crippen LogP contribution is 2.22. The summed E-state index contributed by atoms with van der Waals surface area (Å²) >= 11 is 0. The quantitative estimate of drug-likeness (QED) is 0.265. The number of carbonyl (C=O) groups is 1. The van der Waals surface area contributed by atoms with Crippen molar-refractivity contribution in [1.82, 2.24) is 16.0 Å². The zero-order valence-corrected chi connectivity index (χ0v) is 16.7. The Kier molecular flexibility index (Phi) is 14.8. The maximum Gasteiger partial charge on any atom is 0.236 e. The molecule has 0 radical (unpaired) electrons. The highest BCUT2D eigenvalue weighted by Gasteiger charge is 2.13. The standard InChI is InChI=1S/C20H43N5O/c21-12-5-7-13-23-15-8-16-25-20(26)19(22)11-4-6-14-24-17-18-9-2-1-3-10-18/h18-19,23-24H,1-17,21-22H2,(H,25,26)/t19-/m0/s1. The van der Waals surface area contributed by atoms with E-state index in [9.17, 15) is 4.79 Å². The van der Waals surface area contributed by atoms with E-state index in [4.69, 9.17) is 11.5 Å². The number of hydrogen-bond donors (Lipinski definition) is 5. The van der Waals surface area contributed by atoms with Gasteiger partial charge >= 0.3 is 0 Å². The zero-order chi connectivity index (χ0) is 18.9. The Hall–Kier alpha value is -0.690. The minimum Gasteiger partial charge on any atom is -0.355 e. The first-order valence-electron chi connectivity index (χ1n) is 10.9. The summed E-state index contributed by atoms with van der Waals surface area (Å²) in [6, 6.07) is -0.370. The second-order valence-electron chi connectivity index (χ2n) is 7.70. The Labute approximate surface area is 160 Å². The molecule has 1 atom stereocenters. The number of hydrogen-bond acceptors (Lipinski definition) is 5. The summed E-state index contributed by atoms with van der Waals surface area (Å²) in [5.41, 5.74) is 11.4. The van der Waals surface area contributed by atoms with E-state index in [1.165, 1.54) is 32.1 Å². The lowest BCUT2D eigenvalue weighted by atomic mass is 9.89. The predicted molar refractivity (Wildman–Crippen MR) is 110 cm³/mol. The van der Waals surface area contributed by atoms with E-state index in [2.05, 4.69) is 16.0 Å². The van der Waals surface area contributed by atoms with Crippen molar-refractivity contribution in [2.24, 2.45) is 17.4 Å². The van der Waals surface area contributed by atoms with Gasteiger partial charge in [-0.2, -0.15) is 0 Å². The Morgan fingerprint density at radius 2 is 1.58 bits per heavy atom. The molecule has 0 saturated heterocycles. The fourth-order valence-corrected chi connectivity index (χ4v) is 3.52. The van der Waals surface area contributed by atoms with Crippen molar-refractivity contribution in [2.45, 2.75) is 76.7 Å². The van der Waals surface area contributed by atoms with Crippen molar-refractivity contribution < 1.29 is 4.79 Å². The second-order valence-corrected chi connectivity index (χ2v) is 7.70. The smallest absolute Gasteiger partial charge is 0.236 e. The van der Waals surface area contributed by atoms with E-state index >= 15 is 0 Å². The molecule has 1 aliphatic rings. The molecule has 0 aromatic carbocycles. The van der Waals surface area contributed by atoms with Crippen LogP contribution in [0.25, 0.3) is 0 Å². The van der Waals surface area contributed by atoms with Gasteiger partial charge in [0, 0.05) is 6.54 Å². The van der Waals surface area contributed by atoms with Gasteiger partial charge in [-0.3, -0.25) is 4.79 Å². The minimum atomic E-state index is -0.370. The van der Waals surface area contributed by atoms with Gasteiger partial charge in [0.15, 0.2) is 0 Å². The Morgan fingerprint density at radius 1 is 0.885 bits per heavy atom. The number of nitrogens with two attached hydrogens (primary N) is 2. The van der Waals surface area contributed by atoms with E-state index < -0.39 is 0 Å². The van der Waals surface area contributed by atoms with E-state index in [1.807, 2.05) is 0 Å². The topological polar surface area (TPSA) is 105 Å². The van der Waals surface area contributed by atoms with Crippen LogP contribution in [0.1, 0.15) is 70.6 Å². The van der Waals surface area contributed by atoms with Gasteiger partial charge < -0.3 is 27.4 Å². The summed E-state index contributed by atoms with van der Waals surface area (Å²) in [7, 11) is 0. The number of nitrogens with one attached hydrogen (secondary N) is 3. The average molecular weight is 370 g/mol. The third kappa shape index (κ3) is 12.6. The molecule has 26 heavy (non-hydrogen) atoms. The van der Waals surface area contributed by atoms with Crippen molar-refractivity contribution in [3.8, 4) is 0 Å². The molecule has 154 valence electrons. The Bertz CT molecular complexity index is 334. The van der Waals surface area contributed by atoms with Gasteiger partial charge in [-0.1, -0.05) is 25.7 Å². The lowest BCUT2D eigenvalue weighted by Gasteiger charge is -2.21. The van der Waals surface area contributed by atoms with Crippen LogP contribution in [0.3, 0.4) is 0 Å². The highest BCUT2D eigenvalue weighted by molar-refractivity contribution is 5.81. The normalized spacial score (nSPS) is 16.5. The molecule has 0 bridgehead atoms. The maximum absolute atomic E-state index is 12.0. The summed E-state index contributed by atoms with van der Waals surface area (Å²) in [6.45, 7) is 5.57. The maximum atomic E-state index is 12.0. The number of amides is 1. The van der Waals surface area contributed by atoms with Crippen LogP contribution in [-0.4, -0.2) is 51.2 Å². The van der Waals surface area contributed by atoms with Crippen molar-refractivity contribution in [2.75, 3.05) is 39.3 Å². The van der Waals surface area contributed by atoms with Crippen molar-refractivity contribution in [3.05, 3.63) is 0 Å². The van der Waals surface area contributed by atoms with Gasteiger partial charge in [-0.15, -0.1) is 0 Å². The predicted octanol–water partition coefficient (Wildman–Crippen LogP) is 1.49. The average Bonchev–Trinajstić information content (AvgIpc) is 2.67. The van der Waals surface area contributed by atoms with Crippen LogP contribution in [0.2, 0.25) is 0 Å². The summed E-state index contributed by atoms with van der Waals surface area (Å²) in [6.07, 6.45) is 13.0. The van der Waals surface area contributed by atoms with E-state index in [1.54, 1.807) is 0 Å². The van der Waals surface area contributed by atoms with Gasteiger partial charge in [0.25, 0.3) is 0 Å². The van der Waals surface area contributed by atoms with E-state index in [-0.39, 0.29) is 11.9 Å². The van der Waals surface area contributed by atoms with Gasteiger partial charge in [0.2, 0.25) is 5.91 Å². The van der Waals surface area contributed by atoms with Crippen molar-refractivity contribution >= 4 is 5.91 Å². The Balaban J connectivity index is 1.86.